The molecule has 1 saturated heterocycles. The standard InChI is InChI=1S/C18H26F3N3O3S/c1-14-7-11-24(12-8-14)10-2-9-23-28(26,27)16-5-3-15(4-6-16)17(25)22-13-18(19,20)21/h3-6,14,23H,2,7-13H2,1H3,(H,22,25)/p+1. The van der Waals surface area contributed by atoms with Crippen molar-refractivity contribution in [3.8, 4) is 0 Å². The molecule has 28 heavy (non-hydrogen) atoms. The van der Waals surface area contributed by atoms with Crippen LogP contribution in [-0.2, 0) is 10.0 Å². The molecule has 6 nitrogen and oxygen atoms in total. The first kappa shape index (κ1) is 22.6. The van der Waals surface area contributed by atoms with Crippen molar-refractivity contribution in [3.63, 3.8) is 0 Å². The molecule has 3 N–H and O–H groups in total. The molecule has 158 valence electrons. The van der Waals surface area contributed by atoms with Gasteiger partial charge in [-0.25, -0.2) is 13.1 Å². The number of likely N-dealkylation sites (tertiary alicyclic amines) is 1. The highest BCUT2D eigenvalue weighted by molar-refractivity contribution is 7.89. The van der Waals surface area contributed by atoms with E-state index in [1.54, 1.807) is 5.32 Å². The molecule has 1 aliphatic heterocycles. The molecule has 1 aromatic carbocycles. The number of carbonyl (C=O) groups excluding carboxylic acids is 1. The van der Waals surface area contributed by atoms with Gasteiger partial charge in [0.1, 0.15) is 6.54 Å². The zero-order chi connectivity index (χ0) is 20.8. The third kappa shape index (κ3) is 7.40. The van der Waals surface area contributed by atoms with Crippen LogP contribution in [0.1, 0.15) is 36.5 Å². The van der Waals surface area contributed by atoms with E-state index >= 15 is 0 Å². The van der Waals surface area contributed by atoms with Gasteiger partial charge in [0.15, 0.2) is 0 Å². The van der Waals surface area contributed by atoms with Crippen LogP contribution in [0.4, 0.5) is 13.2 Å². The second kappa shape index (κ2) is 9.71. The van der Waals surface area contributed by atoms with Crippen LogP contribution >= 0.6 is 0 Å². The van der Waals surface area contributed by atoms with E-state index in [4.69, 9.17) is 0 Å². The summed E-state index contributed by atoms with van der Waals surface area (Å²) in [5.41, 5.74) is -0.0360. The van der Waals surface area contributed by atoms with Crippen LogP contribution in [0.25, 0.3) is 0 Å². The Hall–Kier alpha value is -1.65. The van der Waals surface area contributed by atoms with Gasteiger partial charge in [-0.2, -0.15) is 13.2 Å². The van der Waals surface area contributed by atoms with Crippen molar-refractivity contribution in [2.75, 3.05) is 32.7 Å². The minimum Gasteiger partial charge on any atom is -0.343 e. The van der Waals surface area contributed by atoms with Crippen molar-refractivity contribution < 1.29 is 31.3 Å². The third-order valence-electron chi connectivity index (χ3n) is 4.86. The SMILES string of the molecule is CC1CC[NH+](CCCNS(=O)(=O)c2ccc(C(=O)NCC(F)(F)F)cc2)CC1. The first-order chi connectivity index (χ1) is 13.1. The lowest BCUT2D eigenvalue weighted by atomic mass is 9.99. The number of benzene rings is 1. The lowest BCUT2D eigenvalue weighted by Gasteiger charge is -2.27. The van der Waals surface area contributed by atoms with Gasteiger partial charge in [-0.1, -0.05) is 6.92 Å². The van der Waals surface area contributed by atoms with Gasteiger partial charge in [0.05, 0.1) is 24.5 Å². The largest absolute Gasteiger partial charge is 0.405 e. The fraction of sp³-hybridized carbons (Fsp3) is 0.611. The fourth-order valence-corrected chi connectivity index (χ4v) is 4.19. The fourth-order valence-electron chi connectivity index (χ4n) is 3.12. The van der Waals surface area contributed by atoms with Gasteiger partial charge in [0, 0.05) is 18.5 Å². The number of amides is 1. The summed E-state index contributed by atoms with van der Waals surface area (Å²) in [4.78, 5) is 13.1. The molecule has 0 saturated carbocycles. The molecule has 0 aromatic heterocycles. The number of halogens is 3. The number of rotatable bonds is 8. The Labute approximate surface area is 163 Å². The highest BCUT2D eigenvalue weighted by Crippen LogP contribution is 2.14. The van der Waals surface area contributed by atoms with Crippen LogP contribution in [-0.4, -0.2) is 53.2 Å². The first-order valence-corrected chi connectivity index (χ1v) is 10.8. The van der Waals surface area contributed by atoms with Crippen LogP contribution in [0.5, 0.6) is 0 Å². The lowest BCUT2D eigenvalue weighted by Crippen LogP contribution is -3.13. The molecule has 0 aliphatic carbocycles. The minimum atomic E-state index is -4.50. The molecule has 0 unspecified atom stereocenters. The highest BCUT2D eigenvalue weighted by atomic mass is 32.2. The van der Waals surface area contributed by atoms with Crippen molar-refractivity contribution >= 4 is 15.9 Å². The Kier molecular flexibility index (Phi) is 7.85. The Bertz CT molecular complexity index is 744. The summed E-state index contributed by atoms with van der Waals surface area (Å²) >= 11 is 0. The van der Waals surface area contributed by atoms with E-state index in [9.17, 15) is 26.4 Å². The maximum atomic E-state index is 12.3. The van der Waals surface area contributed by atoms with Crippen molar-refractivity contribution in [2.24, 2.45) is 5.92 Å². The summed E-state index contributed by atoms with van der Waals surface area (Å²) in [6.07, 6.45) is -1.38. The van der Waals surface area contributed by atoms with Crippen molar-refractivity contribution in [2.45, 2.75) is 37.3 Å². The number of hydrogen-bond acceptors (Lipinski definition) is 3. The molecule has 1 aromatic rings. The molecule has 1 amide bonds. The summed E-state index contributed by atoms with van der Waals surface area (Å²) in [5.74, 6) is -0.145. The Morgan fingerprint density at radius 3 is 2.36 bits per heavy atom. The molecule has 2 rings (SSSR count). The molecule has 0 radical (unpaired) electrons. The van der Waals surface area contributed by atoms with E-state index in [1.165, 1.54) is 42.0 Å². The van der Waals surface area contributed by atoms with Crippen LogP contribution in [0.2, 0.25) is 0 Å². The molecule has 1 fully saturated rings. The number of quaternary nitrogens is 1. The average Bonchev–Trinajstić information content (AvgIpc) is 2.64. The average molecular weight is 422 g/mol. The first-order valence-electron chi connectivity index (χ1n) is 9.35. The third-order valence-corrected chi connectivity index (χ3v) is 6.33. The minimum absolute atomic E-state index is 0.0287. The van der Waals surface area contributed by atoms with Gasteiger partial charge < -0.3 is 10.2 Å². The van der Waals surface area contributed by atoms with Gasteiger partial charge in [0.2, 0.25) is 10.0 Å². The molecule has 1 heterocycles. The predicted molar refractivity (Wildman–Crippen MR) is 98.6 cm³/mol. The van der Waals surface area contributed by atoms with Crippen LogP contribution in [0.15, 0.2) is 29.2 Å². The maximum absolute atomic E-state index is 12.3. The second-order valence-electron chi connectivity index (χ2n) is 7.26. The van der Waals surface area contributed by atoms with E-state index in [2.05, 4.69) is 11.6 Å². The zero-order valence-electron chi connectivity index (χ0n) is 15.8. The number of carbonyl (C=O) groups is 1. The molecule has 0 spiro atoms. The normalized spacial score (nSPS) is 20.7. The van der Waals surface area contributed by atoms with Gasteiger partial charge >= 0.3 is 6.18 Å². The Morgan fingerprint density at radius 2 is 1.79 bits per heavy atom. The number of piperidine rings is 1. The molecule has 1 aliphatic rings. The van der Waals surface area contributed by atoms with Gasteiger partial charge in [0.25, 0.3) is 5.91 Å². The number of hydrogen-bond donors (Lipinski definition) is 3. The predicted octanol–water partition coefficient (Wildman–Crippen LogP) is 0.962. The zero-order valence-corrected chi connectivity index (χ0v) is 16.6. The van der Waals surface area contributed by atoms with E-state index in [1.807, 2.05) is 0 Å². The molecular formula is C18H27F3N3O3S+. The van der Waals surface area contributed by atoms with Crippen LogP contribution < -0.4 is 14.9 Å². The topological polar surface area (TPSA) is 79.7 Å². The van der Waals surface area contributed by atoms with E-state index in [-0.39, 0.29) is 10.5 Å². The maximum Gasteiger partial charge on any atom is 0.405 e. The summed E-state index contributed by atoms with van der Waals surface area (Å²) < 4.78 is 63.5. The second-order valence-corrected chi connectivity index (χ2v) is 9.02. The van der Waals surface area contributed by atoms with Gasteiger partial charge in [-0.15, -0.1) is 0 Å². The van der Waals surface area contributed by atoms with Gasteiger partial charge in [-0.3, -0.25) is 4.79 Å². The van der Waals surface area contributed by atoms with Crippen molar-refractivity contribution in [1.29, 1.82) is 0 Å². The van der Waals surface area contributed by atoms with E-state index in [0.717, 1.165) is 32.0 Å². The van der Waals surface area contributed by atoms with Crippen molar-refractivity contribution in [1.82, 2.24) is 10.0 Å². The highest BCUT2D eigenvalue weighted by Gasteiger charge is 2.28. The van der Waals surface area contributed by atoms with Crippen LogP contribution in [0, 0.1) is 5.92 Å². The summed E-state index contributed by atoms with van der Waals surface area (Å²) in [6.45, 7) is 4.27. The molecule has 0 bridgehead atoms. The van der Waals surface area contributed by atoms with Crippen molar-refractivity contribution in [3.05, 3.63) is 29.8 Å². The summed E-state index contributed by atoms with van der Waals surface area (Å²) in [7, 11) is -3.72. The Balaban J connectivity index is 1.80. The Morgan fingerprint density at radius 1 is 1.18 bits per heavy atom. The number of sulfonamides is 1. The van der Waals surface area contributed by atoms with Gasteiger partial charge in [-0.05, 0) is 43.0 Å². The van der Waals surface area contributed by atoms with Crippen LogP contribution in [0.3, 0.4) is 0 Å². The summed E-state index contributed by atoms with van der Waals surface area (Å²) in [5, 5.41) is 1.74. The number of alkyl halides is 3. The molecular weight excluding hydrogens is 395 g/mol. The van der Waals surface area contributed by atoms with E-state index in [0.29, 0.717) is 6.54 Å². The monoisotopic (exact) mass is 422 g/mol. The molecule has 10 heteroatoms. The summed E-state index contributed by atoms with van der Waals surface area (Å²) in [6, 6.07) is 4.81. The number of nitrogens with one attached hydrogen (secondary N) is 3. The lowest BCUT2D eigenvalue weighted by molar-refractivity contribution is -0.906. The van der Waals surface area contributed by atoms with E-state index < -0.39 is 28.7 Å². The molecule has 0 atom stereocenters. The smallest absolute Gasteiger partial charge is 0.343 e. The quantitative estimate of drug-likeness (QED) is 0.546.